The van der Waals surface area contributed by atoms with Gasteiger partial charge in [0.2, 0.25) is 0 Å². The van der Waals surface area contributed by atoms with E-state index in [0.29, 0.717) is 12.3 Å². The molecule has 0 aliphatic heterocycles. The summed E-state index contributed by atoms with van der Waals surface area (Å²) >= 11 is 0. The van der Waals surface area contributed by atoms with Gasteiger partial charge in [-0.3, -0.25) is 14.4 Å². The summed E-state index contributed by atoms with van der Waals surface area (Å²) in [7, 11) is 0. The van der Waals surface area contributed by atoms with E-state index in [1.54, 1.807) is 0 Å². The molecular weight excluding hydrogens is 346 g/mol. The van der Waals surface area contributed by atoms with Crippen molar-refractivity contribution in [1.82, 2.24) is 0 Å². The van der Waals surface area contributed by atoms with E-state index in [-0.39, 0.29) is 58.9 Å². The maximum atomic E-state index is 13.3. The largest absolute Gasteiger partial charge is 0.463 e. The average molecular weight is 375 g/mol. The fraction of sp³-hybridized carbons (Fsp3) is 0.810. The highest BCUT2D eigenvalue weighted by Gasteiger charge is 2.65. The van der Waals surface area contributed by atoms with Crippen molar-refractivity contribution >= 4 is 23.2 Å². The van der Waals surface area contributed by atoms with Crippen LogP contribution in [-0.2, 0) is 19.1 Å². The molecule has 0 saturated heterocycles. The van der Waals surface area contributed by atoms with Gasteiger partial charge in [-0.2, -0.15) is 0 Å². The van der Waals surface area contributed by atoms with Crippen molar-refractivity contribution in [2.24, 2.45) is 39.7 Å². The van der Waals surface area contributed by atoms with Gasteiger partial charge in [0.15, 0.2) is 5.78 Å². The van der Waals surface area contributed by atoms with Gasteiger partial charge in [0.1, 0.15) is 17.6 Å². The van der Waals surface area contributed by atoms with Gasteiger partial charge < -0.3 is 9.94 Å². The highest BCUT2D eigenvalue weighted by Crippen LogP contribution is 2.64. The summed E-state index contributed by atoms with van der Waals surface area (Å²) in [4.78, 5) is 37.4. The van der Waals surface area contributed by atoms with Crippen LogP contribution >= 0.6 is 0 Å². The Morgan fingerprint density at radius 2 is 1.96 bits per heavy atom. The summed E-state index contributed by atoms with van der Waals surface area (Å²) in [5.41, 5.74) is -0.570. The molecule has 0 aromatic heterocycles. The molecule has 27 heavy (non-hydrogen) atoms. The van der Waals surface area contributed by atoms with Gasteiger partial charge in [0, 0.05) is 31.1 Å². The van der Waals surface area contributed by atoms with Crippen molar-refractivity contribution in [3.8, 4) is 0 Å². The van der Waals surface area contributed by atoms with Gasteiger partial charge in [0.25, 0.3) is 0 Å². The summed E-state index contributed by atoms with van der Waals surface area (Å²) in [6.07, 6.45) is 5.11. The molecular formula is C21H29NO5. The lowest BCUT2D eigenvalue weighted by atomic mass is 9.45. The first kappa shape index (κ1) is 18.6. The zero-order valence-corrected chi connectivity index (χ0v) is 16.4. The normalized spacial score (nSPS) is 48.0. The molecule has 0 bridgehead atoms. The van der Waals surface area contributed by atoms with E-state index in [1.807, 2.05) is 6.92 Å². The van der Waals surface area contributed by atoms with Crippen molar-refractivity contribution in [1.29, 1.82) is 0 Å². The minimum absolute atomic E-state index is 0.0396. The molecule has 2 unspecified atom stereocenters. The molecule has 4 fully saturated rings. The number of ether oxygens (including phenoxy) is 1. The number of carbonyl (C=O) groups is 3. The topological polar surface area (TPSA) is 93.0 Å². The van der Waals surface area contributed by atoms with E-state index in [0.717, 1.165) is 32.1 Å². The standard InChI is InChI=1S/C21H29NO5/c1-11(23)27-13-6-7-20(2)12(8-13)4-5-14-15-9-16(22-26)19(25)21(15,3)10-17(24)18(14)20/h12-15,18,26H,4-10H2,1-3H3/t12?,13?,14-,15-,18-,20-,21-/m0/s1. The molecule has 148 valence electrons. The predicted molar refractivity (Wildman–Crippen MR) is 97.3 cm³/mol. The molecule has 0 radical (unpaired) electrons. The van der Waals surface area contributed by atoms with Crippen molar-refractivity contribution in [2.45, 2.75) is 71.8 Å². The summed E-state index contributed by atoms with van der Waals surface area (Å²) in [5.74, 6) is 0.402. The first-order chi connectivity index (χ1) is 12.7. The Morgan fingerprint density at radius 3 is 2.63 bits per heavy atom. The SMILES string of the molecule is CC(=O)OC1CC[C@@]2(C)C(CC[C@@H]3[C@H]2C(=O)C[C@]2(C)C(=O)C(=NO)C[C@@H]32)C1. The first-order valence-corrected chi connectivity index (χ1v) is 10.2. The molecule has 0 amide bonds. The van der Waals surface area contributed by atoms with Gasteiger partial charge in [-0.15, -0.1) is 0 Å². The third-order valence-corrected chi connectivity index (χ3v) is 8.34. The maximum Gasteiger partial charge on any atom is 0.302 e. The summed E-state index contributed by atoms with van der Waals surface area (Å²) in [6, 6.07) is 0. The monoisotopic (exact) mass is 375 g/mol. The van der Waals surface area contributed by atoms with Crippen molar-refractivity contribution in [3.63, 3.8) is 0 Å². The molecule has 0 spiro atoms. The summed E-state index contributed by atoms with van der Waals surface area (Å²) in [6.45, 7) is 5.57. The minimum Gasteiger partial charge on any atom is -0.463 e. The Morgan fingerprint density at radius 1 is 1.22 bits per heavy atom. The lowest BCUT2D eigenvalue weighted by Crippen LogP contribution is -2.58. The van der Waals surface area contributed by atoms with Gasteiger partial charge in [-0.1, -0.05) is 19.0 Å². The molecule has 0 aromatic carbocycles. The highest BCUT2D eigenvalue weighted by molar-refractivity contribution is 6.44. The number of esters is 1. The van der Waals surface area contributed by atoms with E-state index in [9.17, 15) is 19.6 Å². The van der Waals surface area contributed by atoms with E-state index < -0.39 is 5.41 Å². The predicted octanol–water partition coefficient (Wildman–Crippen LogP) is 3.15. The lowest BCUT2D eigenvalue weighted by Gasteiger charge is -2.58. The van der Waals surface area contributed by atoms with E-state index in [2.05, 4.69) is 12.1 Å². The van der Waals surface area contributed by atoms with Crippen LogP contribution in [0.2, 0.25) is 0 Å². The molecule has 0 aromatic rings. The van der Waals surface area contributed by atoms with Crippen molar-refractivity contribution in [2.75, 3.05) is 0 Å². The Kier molecular flexibility index (Phi) is 4.24. The van der Waals surface area contributed by atoms with Gasteiger partial charge >= 0.3 is 5.97 Å². The molecule has 6 heteroatoms. The second-order valence-corrected chi connectivity index (χ2v) is 9.67. The Hall–Kier alpha value is -1.72. The van der Waals surface area contributed by atoms with Crippen LogP contribution < -0.4 is 0 Å². The van der Waals surface area contributed by atoms with Crippen LogP contribution in [0.5, 0.6) is 0 Å². The zero-order valence-electron chi connectivity index (χ0n) is 16.4. The number of oxime groups is 1. The second-order valence-electron chi connectivity index (χ2n) is 9.67. The maximum absolute atomic E-state index is 13.3. The Balaban J connectivity index is 1.63. The number of hydrogen-bond acceptors (Lipinski definition) is 6. The number of ketones is 2. The third kappa shape index (κ3) is 2.59. The molecule has 6 nitrogen and oxygen atoms in total. The number of carbonyl (C=O) groups excluding carboxylic acids is 3. The molecule has 4 aliphatic carbocycles. The Labute approximate surface area is 159 Å². The molecule has 4 rings (SSSR count). The zero-order chi connectivity index (χ0) is 19.6. The van der Waals surface area contributed by atoms with Crippen LogP contribution in [0.1, 0.15) is 65.7 Å². The summed E-state index contributed by atoms with van der Waals surface area (Å²) < 4.78 is 5.46. The molecule has 4 saturated carbocycles. The van der Waals surface area contributed by atoms with Crippen LogP contribution in [0.25, 0.3) is 0 Å². The van der Waals surface area contributed by atoms with Crippen molar-refractivity contribution < 1.29 is 24.3 Å². The fourth-order valence-corrected chi connectivity index (χ4v) is 7.09. The van der Waals surface area contributed by atoms with Gasteiger partial charge in [-0.05, 0) is 55.3 Å². The Bertz CT molecular complexity index is 730. The third-order valence-electron chi connectivity index (χ3n) is 8.34. The number of nitrogens with zero attached hydrogens (tertiary/aromatic N) is 1. The van der Waals surface area contributed by atoms with E-state index >= 15 is 0 Å². The van der Waals surface area contributed by atoms with Crippen molar-refractivity contribution in [3.05, 3.63) is 0 Å². The molecule has 7 atom stereocenters. The summed E-state index contributed by atoms with van der Waals surface area (Å²) in [5, 5.41) is 12.5. The van der Waals surface area contributed by atoms with Crippen LogP contribution in [0.3, 0.4) is 0 Å². The molecule has 0 heterocycles. The van der Waals surface area contributed by atoms with Crippen LogP contribution in [0.15, 0.2) is 5.16 Å². The lowest BCUT2D eigenvalue weighted by molar-refractivity contribution is -0.168. The second kappa shape index (κ2) is 6.14. The van der Waals surface area contributed by atoms with E-state index in [4.69, 9.17) is 4.74 Å². The number of rotatable bonds is 1. The van der Waals surface area contributed by atoms with Crippen LogP contribution in [0.4, 0.5) is 0 Å². The first-order valence-electron chi connectivity index (χ1n) is 10.2. The van der Waals surface area contributed by atoms with Crippen LogP contribution in [-0.4, -0.2) is 34.6 Å². The quantitative estimate of drug-likeness (QED) is 0.432. The van der Waals surface area contributed by atoms with Crippen LogP contribution in [0, 0.1) is 34.5 Å². The number of hydrogen-bond donors (Lipinski definition) is 1. The average Bonchev–Trinajstić information content (AvgIpc) is 2.85. The van der Waals surface area contributed by atoms with Gasteiger partial charge in [-0.25, -0.2) is 0 Å². The molecule has 4 aliphatic rings. The van der Waals surface area contributed by atoms with E-state index in [1.165, 1.54) is 6.92 Å². The number of Topliss-reactive ketones (excluding diaryl/α,β-unsaturated/α-hetero) is 2. The van der Waals surface area contributed by atoms with Gasteiger partial charge in [0.05, 0.1) is 0 Å². The highest BCUT2D eigenvalue weighted by atomic mass is 16.5. The molecule has 1 N–H and O–H groups in total. The smallest absolute Gasteiger partial charge is 0.302 e. The number of fused-ring (bicyclic) bond motifs is 5. The fourth-order valence-electron chi connectivity index (χ4n) is 7.09. The minimum atomic E-state index is -0.710.